The van der Waals surface area contributed by atoms with Crippen LogP contribution in [0.3, 0.4) is 0 Å². The third kappa shape index (κ3) is 12.0. The van der Waals surface area contributed by atoms with Crippen molar-refractivity contribution < 1.29 is 0 Å². The lowest BCUT2D eigenvalue weighted by atomic mass is 9.33. The molecule has 0 aliphatic carbocycles. The molecule has 19 aromatic carbocycles. The highest BCUT2D eigenvalue weighted by Crippen LogP contribution is 2.57. The molecule has 23 rings (SSSR count). The van der Waals surface area contributed by atoms with Crippen LogP contribution in [0.1, 0.15) is 79.0 Å². The Bertz CT molecular complexity index is 7350. The number of anilines is 6. The SMILES string of the molecule is CC(C)(C)c1cc2c3c(c1)N(c1c(-c4ccccc4)cc(-c4ccc5ccccc5c4)cc1-c1ccccc1)c1cc(-n4c5ccc(C(C)(C)C)cc5c5ccc6ccccc6c54)ccc1B3c1ccc(-n3c4ccc(C(C)(C)C)cc4c4ccc5ccccc5c43)cc1N2c1c(-c2ccccc2)cc(-c2ccc3ccccc3c2)cc1-c1ccccc1. The standard InChI is InChI=1S/C118H91BN4/c1-116(2,3)88-52-60-105-101(68-88)95-56-50-80-40-26-28-44-93(80)112(95)120(105)91-54-58-103-107(72-91)122(114-97(76-32-14-10-15-33-76)64-86(65-98(114)77-34-16-11-17-35-77)84-48-46-74-30-22-24-42-82(74)62-84)109-70-90(118(7,8)9)71-110-111(109)119(103)104-59-55-92(121-106-61-53-89(117(4,5)6)69-102(106)96-57-51-81-41-27-29-45-94(81)113(96)121)73-108(104)123(110)115-99(78-36-18-12-19-37-78)66-87(67-100(115)79-38-20-13-21-39-79)85-49-47-75-31-23-25-43-83(75)63-85/h10-73H,1-9H3. The largest absolute Gasteiger partial charge is 0.310 e. The Morgan fingerprint density at radius 2 is 0.545 bits per heavy atom. The molecular formula is C118H91BN4. The van der Waals surface area contributed by atoms with Crippen molar-refractivity contribution in [3.63, 3.8) is 0 Å². The van der Waals surface area contributed by atoms with Crippen molar-refractivity contribution in [3.05, 3.63) is 405 Å². The van der Waals surface area contributed by atoms with E-state index in [0.29, 0.717) is 0 Å². The summed E-state index contributed by atoms with van der Waals surface area (Å²) in [7, 11) is 0. The third-order valence-corrected chi connectivity index (χ3v) is 26.6. The molecule has 0 saturated carbocycles. The minimum Gasteiger partial charge on any atom is -0.310 e. The van der Waals surface area contributed by atoms with Gasteiger partial charge in [0.1, 0.15) is 0 Å². The van der Waals surface area contributed by atoms with E-state index in [1.165, 1.54) is 109 Å². The topological polar surface area (TPSA) is 16.3 Å². The first-order valence-corrected chi connectivity index (χ1v) is 43.5. The van der Waals surface area contributed by atoms with Gasteiger partial charge in [-0.3, -0.25) is 0 Å². The Morgan fingerprint density at radius 3 is 0.911 bits per heavy atom. The van der Waals surface area contributed by atoms with Gasteiger partial charge in [0, 0.05) is 88.7 Å². The van der Waals surface area contributed by atoms with Crippen molar-refractivity contribution in [1.82, 2.24) is 9.13 Å². The minimum absolute atomic E-state index is 0.0884. The van der Waals surface area contributed by atoms with Gasteiger partial charge in [-0.25, -0.2) is 0 Å². The molecule has 0 fully saturated rings. The zero-order chi connectivity index (χ0) is 82.9. The zero-order valence-electron chi connectivity index (χ0n) is 70.8. The first-order valence-electron chi connectivity index (χ1n) is 43.5. The molecule has 0 radical (unpaired) electrons. The van der Waals surface area contributed by atoms with Gasteiger partial charge < -0.3 is 18.9 Å². The summed E-state index contributed by atoms with van der Waals surface area (Å²) in [6, 6.07) is 149. The molecule has 0 N–H and O–H groups in total. The molecule has 2 aromatic heterocycles. The molecule has 0 spiro atoms. The Kier molecular flexibility index (Phi) is 16.8. The van der Waals surface area contributed by atoms with Crippen molar-refractivity contribution in [3.8, 4) is 78.1 Å². The summed E-state index contributed by atoms with van der Waals surface area (Å²) < 4.78 is 5.20. The highest BCUT2D eigenvalue weighted by Gasteiger charge is 2.47. The normalized spacial score (nSPS) is 12.9. The summed E-state index contributed by atoms with van der Waals surface area (Å²) in [5, 5.41) is 14.6. The highest BCUT2D eigenvalue weighted by molar-refractivity contribution is 7.00. The van der Waals surface area contributed by atoms with Crippen LogP contribution < -0.4 is 26.2 Å². The molecule has 0 bridgehead atoms. The fourth-order valence-corrected chi connectivity index (χ4v) is 20.4. The van der Waals surface area contributed by atoms with Gasteiger partial charge in [0.15, 0.2) is 0 Å². The number of aromatic nitrogens is 2. The Balaban J connectivity index is 0.899. The zero-order valence-corrected chi connectivity index (χ0v) is 70.8. The fourth-order valence-electron chi connectivity index (χ4n) is 20.4. The molecule has 4 heterocycles. The van der Waals surface area contributed by atoms with E-state index < -0.39 is 5.41 Å². The predicted octanol–water partition coefficient (Wildman–Crippen LogP) is 30.5. The lowest BCUT2D eigenvalue weighted by molar-refractivity contribution is 0.590. The van der Waals surface area contributed by atoms with Gasteiger partial charge in [0.2, 0.25) is 0 Å². The van der Waals surface area contributed by atoms with Crippen LogP contribution in [0.25, 0.3) is 165 Å². The van der Waals surface area contributed by atoms with Crippen LogP contribution in [0.5, 0.6) is 0 Å². The first kappa shape index (κ1) is 73.6. The number of nitrogens with zero attached hydrogens (tertiary/aromatic N) is 4. The van der Waals surface area contributed by atoms with Crippen molar-refractivity contribution in [1.29, 1.82) is 0 Å². The summed E-state index contributed by atoms with van der Waals surface area (Å²) in [4.78, 5) is 5.52. The Morgan fingerprint density at radius 1 is 0.211 bits per heavy atom. The second-order valence-corrected chi connectivity index (χ2v) is 37.2. The first-order chi connectivity index (χ1) is 59.9. The van der Waals surface area contributed by atoms with Crippen LogP contribution in [-0.4, -0.2) is 15.8 Å². The Labute approximate surface area is 719 Å². The summed E-state index contributed by atoms with van der Waals surface area (Å²) >= 11 is 0. The number of hydrogen-bond donors (Lipinski definition) is 0. The smallest absolute Gasteiger partial charge is 0.252 e. The Hall–Kier alpha value is -14.5. The molecule has 2 aliphatic heterocycles. The van der Waals surface area contributed by atoms with E-state index in [4.69, 9.17) is 0 Å². The van der Waals surface area contributed by atoms with Gasteiger partial charge in [-0.2, -0.15) is 0 Å². The summed E-state index contributed by atoms with van der Waals surface area (Å²) in [5.41, 5.74) is 34.0. The molecular weight excluding hydrogens is 1480 g/mol. The van der Waals surface area contributed by atoms with E-state index in [-0.39, 0.29) is 17.5 Å². The van der Waals surface area contributed by atoms with E-state index >= 15 is 0 Å². The number of hydrogen-bond acceptors (Lipinski definition) is 2. The number of fused-ring (bicyclic) bond motifs is 16. The second kappa shape index (κ2) is 28.0. The van der Waals surface area contributed by atoms with Gasteiger partial charge in [-0.1, -0.05) is 353 Å². The minimum atomic E-state index is -0.399. The van der Waals surface area contributed by atoms with E-state index in [0.717, 1.165) is 123 Å². The molecule has 4 nitrogen and oxygen atoms in total. The number of benzene rings is 19. The maximum atomic E-state index is 2.76. The number of rotatable bonds is 10. The van der Waals surface area contributed by atoms with Gasteiger partial charge in [-0.15, -0.1) is 0 Å². The van der Waals surface area contributed by atoms with Crippen molar-refractivity contribution >= 4 is 144 Å². The molecule has 0 saturated heterocycles. The molecule has 0 unspecified atom stereocenters. The van der Waals surface area contributed by atoms with Crippen molar-refractivity contribution in [2.75, 3.05) is 9.80 Å². The van der Waals surface area contributed by atoms with Crippen LogP contribution in [0.4, 0.5) is 34.1 Å². The fraction of sp³-hybridized carbons (Fsp3) is 0.102. The maximum absolute atomic E-state index is 2.76. The van der Waals surface area contributed by atoms with Crippen LogP contribution >= 0.6 is 0 Å². The van der Waals surface area contributed by atoms with Gasteiger partial charge in [-0.05, 0) is 223 Å². The lowest BCUT2D eigenvalue weighted by Crippen LogP contribution is -2.61. The molecule has 2 aliphatic rings. The van der Waals surface area contributed by atoms with Crippen LogP contribution in [0.15, 0.2) is 388 Å². The maximum Gasteiger partial charge on any atom is 0.252 e. The third-order valence-electron chi connectivity index (χ3n) is 26.6. The molecule has 21 aromatic rings. The van der Waals surface area contributed by atoms with E-state index in [9.17, 15) is 0 Å². The average Bonchev–Trinajstić information content (AvgIpc) is 1.07. The summed E-state index contributed by atoms with van der Waals surface area (Å²) in [5.74, 6) is 0. The molecule has 123 heavy (non-hydrogen) atoms. The van der Waals surface area contributed by atoms with Crippen LogP contribution in [0, 0.1) is 0 Å². The van der Waals surface area contributed by atoms with Crippen LogP contribution in [0.2, 0.25) is 0 Å². The molecule has 0 atom stereocenters. The highest BCUT2D eigenvalue weighted by atomic mass is 15.2. The van der Waals surface area contributed by atoms with Gasteiger partial charge in [0.05, 0.1) is 33.4 Å². The predicted molar refractivity (Wildman–Crippen MR) is 528 cm³/mol. The van der Waals surface area contributed by atoms with Gasteiger partial charge >= 0.3 is 0 Å². The van der Waals surface area contributed by atoms with Gasteiger partial charge in [0.25, 0.3) is 6.71 Å². The monoisotopic (exact) mass is 1570 g/mol. The van der Waals surface area contributed by atoms with E-state index in [1.54, 1.807) is 0 Å². The molecule has 5 heteroatoms. The van der Waals surface area contributed by atoms with Crippen molar-refractivity contribution in [2.45, 2.75) is 78.6 Å². The van der Waals surface area contributed by atoms with E-state index in [1.807, 2.05) is 0 Å². The quantitative estimate of drug-likeness (QED) is 0.127. The summed E-state index contributed by atoms with van der Waals surface area (Å²) in [6.45, 7) is 20.9. The van der Waals surface area contributed by atoms with E-state index in [2.05, 4.69) is 469 Å². The molecule has 0 amide bonds. The lowest BCUT2D eigenvalue weighted by Gasteiger charge is -2.46. The second-order valence-electron chi connectivity index (χ2n) is 37.2. The van der Waals surface area contributed by atoms with Crippen molar-refractivity contribution in [2.24, 2.45) is 0 Å². The average molecular weight is 1580 g/mol. The van der Waals surface area contributed by atoms with Crippen LogP contribution in [-0.2, 0) is 16.2 Å². The molecule has 586 valence electrons. The summed E-state index contributed by atoms with van der Waals surface area (Å²) in [6.07, 6.45) is 0.